The minimum Gasteiger partial charge on any atom is -0.467 e. The average Bonchev–Trinajstić information content (AvgIpc) is 2.38. The first-order chi connectivity index (χ1) is 8.24. The molecule has 0 spiro atoms. The Balaban J connectivity index is 2.28. The molecule has 1 unspecified atom stereocenters. The van der Waals surface area contributed by atoms with Gasteiger partial charge in [0.05, 0.1) is 7.11 Å². The molecule has 1 aromatic heterocycles. The SMILES string of the molecule is COC(=O)C1CCCCN1c1nccnc1Cl. The van der Waals surface area contributed by atoms with Crippen molar-refractivity contribution < 1.29 is 9.53 Å². The molecule has 5 nitrogen and oxygen atoms in total. The first kappa shape index (κ1) is 12.1. The number of carbonyl (C=O) groups excluding carboxylic acids is 1. The molecular formula is C11H14ClN3O2. The number of rotatable bonds is 2. The fraction of sp³-hybridized carbons (Fsp3) is 0.545. The minimum absolute atomic E-state index is 0.244. The Morgan fingerprint density at radius 1 is 1.47 bits per heavy atom. The van der Waals surface area contributed by atoms with Crippen molar-refractivity contribution in [3.63, 3.8) is 0 Å². The predicted octanol–water partition coefficient (Wildman–Crippen LogP) is 1.66. The minimum atomic E-state index is -0.303. The summed E-state index contributed by atoms with van der Waals surface area (Å²) >= 11 is 6.00. The van der Waals surface area contributed by atoms with Crippen molar-refractivity contribution in [3.8, 4) is 0 Å². The lowest BCUT2D eigenvalue weighted by Crippen LogP contribution is -2.46. The number of anilines is 1. The highest BCUT2D eigenvalue weighted by Gasteiger charge is 2.31. The molecule has 1 aliphatic rings. The number of piperidine rings is 1. The van der Waals surface area contributed by atoms with Crippen LogP contribution in [-0.2, 0) is 9.53 Å². The molecule has 0 radical (unpaired) electrons. The van der Waals surface area contributed by atoms with E-state index >= 15 is 0 Å². The summed E-state index contributed by atoms with van der Waals surface area (Å²) in [7, 11) is 1.40. The molecule has 0 aliphatic carbocycles. The van der Waals surface area contributed by atoms with Gasteiger partial charge >= 0.3 is 5.97 Å². The normalized spacial score (nSPS) is 20.1. The van der Waals surface area contributed by atoms with Crippen LogP contribution in [0.15, 0.2) is 12.4 Å². The second kappa shape index (κ2) is 5.31. The molecule has 6 heteroatoms. The molecule has 92 valence electrons. The number of halogens is 1. The molecule has 2 heterocycles. The Bertz CT molecular complexity index is 413. The molecule has 2 rings (SSSR count). The lowest BCUT2D eigenvalue weighted by Gasteiger charge is -2.34. The summed E-state index contributed by atoms with van der Waals surface area (Å²) in [4.78, 5) is 21.8. The van der Waals surface area contributed by atoms with Crippen LogP contribution in [0.2, 0.25) is 5.15 Å². The zero-order valence-corrected chi connectivity index (χ0v) is 10.4. The standard InChI is InChI=1S/C11H14ClN3O2/c1-17-11(16)8-4-2-3-7-15(8)10-9(12)13-5-6-14-10/h5-6,8H,2-4,7H2,1H3. The molecule has 0 bridgehead atoms. The third kappa shape index (κ3) is 2.49. The number of esters is 1. The summed E-state index contributed by atoms with van der Waals surface area (Å²) in [6, 6.07) is -0.303. The summed E-state index contributed by atoms with van der Waals surface area (Å²) in [5, 5.41) is 0.323. The Morgan fingerprint density at radius 2 is 2.24 bits per heavy atom. The smallest absolute Gasteiger partial charge is 0.328 e. The van der Waals surface area contributed by atoms with Gasteiger partial charge in [-0.2, -0.15) is 0 Å². The van der Waals surface area contributed by atoms with Gasteiger partial charge in [-0.25, -0.2) is 14.8 Å². The monoisotopic (exact) mass is 255 g/mol. The number of carbonyl (C=O) groups is 1. The van der Waals surface area contributed by atoms with Crippen LogP contribution < -0.4 is 4.90 Å². The van der Waals surface area contributed by atoms with Crippen LogP contribution in [0, 0.1) is 0 Å². The van der Waals surface area contributed by atoms with Gasteiger partial charge in [0.15, 0.2) is 11.0 Å². The van der Waals surface area contributed by atoms with Crippen molar-refractivity contribution in [2.45, 2.75) is 25.3 Å². The zero-order chi connectivity index (χ0) is 12.3. The van der Waals surface area contributed by atoms with E-state index in [9.17, 15) is 4.79 Å². The number of hydrogen-bond acceptors (Lipinski definition) is 5. The fourth-order valence-corrected chi connectivity index (χ4v) is 2.29. The molecule has 17 heavy (non-hydrogen) atoms. The van der Waals surface area contributed by atoms with E-state index in [2.05, 4.69) is 9.97 Å². The van der Waals surface area contributed by atoms with Gasteiger partial charge in [0.2, 0.25) is 0 Å². The van der Waals surface area contributed by atoms with Crippen molar-refractivity contribution in [2.24, 2.45) is 0 Å². The molecule has 1 saturated heterocycles. The topological polar surface area (TPSA) is 55.3 Å². The van der Waals surface area contributed by atoms with E-state index in [0.29, 0.717) is 11.0 Å². The third-order valence-corrected chi connectivity index (χ3v) is 3.15. The van der Waals surface area contributed by atoms with Crippen LogP contribution in [0.1, 0.15) is 19.3 Å². The van der Waals surface area contributed by atoms with Crippen molar-refractivity contribution in [3.05, 3.63) is 17.5 Å². The van der Waals surface area contributed by atoms with Crippen molar-refractivity contribution >= 4 is 23.4 Å². The molecule has 1 aromatic rings. The second-order valence-electron chi connectivity index (χ2n) is 3.90. The van der Waals surface area contributed by atoms with Gasteiger partial charge in [-0.3, -0.25) is 0 Å². The van der Waals surface area contributed by atoms with E-state index in [4.69, 9.17) is 16.3 Å². The van der Waals surface area contributed by atoms with Crippen LogP contribution in [0.25, 0.3) is 0 Å². The van der Waals surface area contributed by atoms with Crippen molar-refractivity contribution in [1.29, 1.82) is 0 Å². The number of methoxy groups -OCH3 is 1. The highest BCUT2D eigenvalue weighted by molar-refractivity contribution is 6.31. The van der Waals surface area contributed by atoms with E-state index in [0.717, 1.165) is 25.8 Å². The Morgan fingerprint density at radius 3 is 2.94 bits per heavy atom. The molecule has 1 atom stereocenters. The van der Waals surface area contributed by atoms with Crippen LogP contribution in [0.4, 0.5) is 5.82 Å². The van der Waals surface area contributed by atoms with Crippen LogP contribution in [0.3, 0.4) is 0 Å². The number of aromatic nitrogens is 2. The molecular weight excluding hydrogens is 242 g/mol. The zero-order valence-electron chi connectivity index (χ0n) is 9.60. The molecule has 1 fully saturated rings. The number of hydrogen-bond donors (Lipinski definition) is 0. The van der Waals surface area contributed by atoms with Gasteiger partial charge in [-0.05, 0) is 19.3 Å². The second-order valence-corrected chi connectivity index (χ2v) is 4.26. The Kier molecular flexibility index (Phi) is 3.78. The maximum absolute atomic E-state index is 11.7. The predicted molar refractivity (Wildman–Crippen MR) is 64.0 cm³/mol. The number of nitrogens with zero attached hydrogens (tertiary/aromatic N) is 3. The van der Waals surface area contributed by atoms with Crippen LogP contribution >= 0.6 is 11.6 Å². The average molecular weight is 256 g/mol. The highest BCUT2D eigenvalue weighted by Crippen LogP contribution is 2.27. The third-order valence-electron chi connectivity index (χ3n) is 2.88. The lowest BCUT2D eigenvalue weighted by molar-refractivity contribution is -0.142. The summed E-state index contributed by atoms with van der Waals surface area (Å²) in [6.45, 7) is 0.748. The summed E-state index contributed by atoms with van der Waals surface area (Å²) in [5.74, 6) is 0.315. The Labute approximate surface area is 105 Å². The first-order valence-electron chi connectivity index (χ1n) is 5.55. The van der Waals surface area contributed by atoms with Gasteiger partial charge in [0.1, 0.15) is 6.04 Å². The Hall–Kier alpha value is -1.36. The van der Waals surface area contributed by atoms with E-state index in [1.54, 1.807) is 6.20 Å². The molecule has 0 N–H and O–H groups in total. The van der Waals surface area contributed by atoms with Crippen LogP contribution in [-0.4, -0.2) is 35.6 Å². The molecule has 1 aliphatic heterocycles. The molecule has 0 amide bonds. The van der Waals surface area contributed by atoms with E-state index < -0.39 is 0 Å². The first-order valence-corrected chi connectivity index (χ1v) is 5.93. The maximum atomic E-state index is 11.7. The van der Waals surface area contributed by atoms with Gasteiger partial charge in [0.25, 0.3) is 0 Å². The van der Waals surface area contributed by atoms with Gasteiger partial charge < -0.3 is 9.64 Å². The van der Waals surface area contributed by atoms with Gasteiger partial charge in [-0.1, -0.05) is 11.6 Å². The van der Waals surface area contributed by atoms with Crippen LogP contribution in [0.5, 0.6) is 0 Å². The molecule has 0 aromatic carbocycles. The largest absolute Gasteiger partial charge is 0.467 e. The number of ether oxygens (including phenoxy) is 1. The van der Waals surface area contributed by atoms with Gasteiger partial charge in [-0.15, -0.1) is 0 Å². The summed E-state index contributed by atoms with van der Waals surface area (Å²) < 4.78 is 4.81. The van der Waals surface area contributed by atoms with Crippen molar-refractivity contribution in [1.82, 2.24) is 9.97 Å². The maximum Gasteiger partial charge on any atom is 0.328 e. The molecule has 0 saturated carbocycles. The summed E-state index contributed by atoms with van der Waals surface area (Å²) in [5.41, 5.74) is 0. The van der Waals surface area contributed by atoms with E-state index in [1.165, 1.54) is 13.3 Å². The highest BCUT2D eigenvalue weighted by atomic mass is 35.5. The van der Waals surface area contributed by atoms with E-state index in [1.807, 2.05) is 4.90 Å². The fourth-order valence-electron chi connectivity index (χ4n) is 2.07. The van der Waals surface area contributed by atoms with Crippen molar-refractivity contribution in [2.75, 3.05) is 18.6 Å². The quantitative estimate of drug-likeness (QED) is 0.753. The lowest BCUT2D eigenvalue weighted by atomic mass is 10.0. The van der Waals surface area contributed by atoms with Gasteiger partial charge in [0, 0.05) is 18.9 Å². The van der Waals surface area contributed by atoms with E-state index in [-0.39, 0.29) is 12.0 Å². The summed E-state index contributed by atoms with van der Waals surface area (Å²) in [6.07, 6.45) is 5.89.